The number of hydrogen-bond donors (Lipinski definition) is 1. The van der Waals surface area contributed by atoms with E-state index >= 15 is 0 Å². The van der Waals surface area contributed by atoms with Crippen molar-refractivity contribution in [3.63, 3.8) is 0 Å². The Kier molecular flexibility index (Phi) is 6.00. The van der Waals surface area contributed by atoms with Crippen LogP contribution in [0.3, 0.4) is 0 Å². The minimum Gasteiger partial charge on any atom is -0.493 e. The van der Waals surface area contributed by atoms with Crippen LogP contribution >= 0.6 is 0 Å². The molecule has 0 bridgehead atoms. The zero-order valence-electron chi connectivity index (χ0n) is 18.9. The van der Waals surface area contributed by atoms with E-state index in [1.54, 1.807) is 14.2 Å². The van der Waals surface area contributed by atoms with E-state index in [0.29, 0.717) is 29.4 Å². The predicted octanol–water partition coefficient (Wildman–Crippen LogP) is 4.11. The van der Waals surface area contributed by atoms with Gasteiger partial charge in [0.05, 0.1) is 19.6 Å². The molecule has 0 radical (unpaired) electrons. The van der Waals surface area contributed by atoms with Gasteiger partial charge in [-0.3, -0.25) is 9.59 Å². The molecular weight excluding hydrogens is 410 g/mol. The smallest absolute Gasteiger partial charge is 0.315 e. The molecule has 7 heteroatoms. The van der Waals surface area contributed by atoms with Gasteiger partial charge in [0.25, 0.3) is 5.91 Å². The lowest BCUT2D eigenvalue weighted by molar-refractivity contribution is -0.165. The van der Waals surface area contributed by atoms with Gasteiger partial charge in [-0.25, -0.2) is 0 Å². The van der Waals surface area contributed by atoms with Crippen molar-refractivity contribution in [1.82, 2.24) is 5.32 Å². The number of hydrogen-bond acceptors (Lipinski definition) is 6. The Labute approximate surface area is 188 Å². The first-order valence-electron chi connectivity index (χ1n) is 10.8. The van der Waals surface area contributed by atoms with Gasteiger partial charge >= 0.3 is 5.97 Å². The standard InChI is InChI=1S/C25H29NO6/c1-25(2,24(28)32-17-6-5-7-17)14-31-21-18(10-11-20(29-3)22(21)30-4)15-8-9-19-16(12-15)13-26-23(19)27/h8-12,17H,5-7,13-14H2,1-4H3,(H,26,27). The van der Waals surface area contributed by atoms with Gasteiger partial charge in [0, 0.05) is 17.7 Å². The molecule has 1 fully saturated rings. The molecule has 32 heavy (non-hydrogen) atoms. The summed E-state index contributed by atoms with van der Waals surface area (Å²) in [7, 11) is 3.11. The number of nitrogens with one attached hydrogen (secondary N) is 1. The molecule has 2 aromatic rings. The van der Waals surface area contributed by atoms with E-state index in [2.05, 4.69) is 5.32 Å². The second kappa shape index (κ2) is 8.73. The third kappa shape index (κ3) is 4.11. The van der Waals surface area contributed by atoms with Crippen LogP contribution in [0.15, 0.2) is 30.3 Å². The third-order valence-corrected chi connectivity index (χ3v) is 6.06. The third-order valence-electron chi connectivity index (χ3n) is 6.06. The van der Waals surface area contributed by atoms with Gasteiger partial charge in [-0.1, -0.05) is 6.07 Å². The molecular formula is C25H29NO6. The van der Waals surface area contributed by atoms with Crippen molar-refractivity contribution in [3.05, 3.63) is 41.5 Å². The van der Waals surface area contributed by atoms with Gasteiger partial charge < -0.3 is 24.3 Å². The molecule has 2 aromatic carbocycles. The summed E-state index contributed by atoms with van der Waals surface area (Å²) in [6.07, 6.45) is 2.96. The Bertz CT molecular complexity index is 1040. The van der Waals surface area contributed by atoms with Crippen LogP contribution in [0, 0.1) is 5.41 Å². The highest BCUT2D eigenvalue weighted by atomic mass is 16.6. The summed E-state index contributed by atoms with van der Waals surface area (Å²) in [6, 6.07) is 9.37. The topological polar surface area (TPSA) is 83.1 Å². The maximum Gasteiger partial charge on any atom is 0.315 e. The average molecular weight is 440 g/mol. The van der Waals surface area contributed by atoms with Crippen LogP contribution in [0.2, 0.25) is 0 Å². The second-order valence-electron chi connectivity index (χ2n) is 8.86. The summed E-state index contributed by atoms with van der Waals surface area (Å²) in [5, 5.41) is 2.84. The van der Waals surface area contributed by atoms with Crippen molar-refractivity contribution in [3.8, 4) is 28.4 Å². The van der Waals surface area contributed by atoms with E-state index < -0.39 is 5.41 Å². The molecule has 2 aliphatic rings. The minimum atomic E-state index is -0.838. The summed E-state index contributed by atoms with van der Waals surface area (Å²) in [5.74, 6) is 1.12. The quantitative estimate of drug-likeness (QED) is 0.623. The average Bonchev–Trinajstić information content (AvgIpc) is 3.13. The highest BCUT2D eigenvalue weighted by Crippen LogP contribution is 2.45. The summed E-state index contributed by atoms with van der Waals surface area (Å²) >= 11 is 0. The SMILES string of the molecule is COc1ccc(-c2ccc3c(c2)CNC3=O)c(OCC(C)(C)C(=O)OC2CCC2)c1OC. The number of esters is 1. The Morgan fingerprint density at radius 3 is 2.47 bits per heavy atom. The normalized spacial score (nSPS) is 15.4. The molecule has 1 aliphatic heterocycles. The lowest BCUT2D eigenvalue weighted by Crippen LogP contribution is -2.37. The summed E-state index contributed by atoms with van der Waals surface area (Å²) in [5.41, 5.74) is 2.43. The molecule has 0 atom stereocenters. The zero-order chi connectivity index (χ0) is 22.9. The molecule has 1 N–H and O–H groups in total. The molecule has 0 unspecified atom stereocenters. The van der Waals surface area contributed by atoms with Crippen molar-refractivity contribution < 1.29 is 28.5 Å². The highest BCUT2D eigenvalue weighted by molar-refractivity contribution is 5.99. The second-order valence-corrected chi connectivity index (χ2v) is 8.86. The van der Waals surface area contributed by atoms with E-state index in [0.717, 1.165) is 36.0 Å². The number of rotatable bonds is 8. The van der Waals surface area contributed by atoms with Crippen molar-refractivity contribution in [2.75, 3.05) is 20.8 Å². The number of carbonyl (C=O) groups excluding carboxylic acids is 2. The monoisotopic (exact) mass is 439 g/mol. The van der Waals surface area contributed by atoms with Crippen molar-refractivity contribution >= 4 is 11.9 Å². The summed E-state index contributed by atoms with van der Waals surface area (Å²) < 4.78 is 22.9. The minimum absolute atomic E-state index is 0.0198. The first kappa shape index (κ1) is 22.0. The number of benzene rings is 2. The van der Waals surface area contributed by atoms with Crippen molar-refractivity contribution in [2.45, 2.75) is 45.8 Å². The van der Waals surface area contributed by atoms with Gasteiger partial charge in [-0.2, -0.15) is 0 Å². The van der Waals surface area contributed by atoms with Crippen molar-refractivity contribution in [1.29, 1.82) is 0 Å². The number of carbonyl (C=O) groups is 2. The van der Waals surface area contributed by atoms with Crippen LogP contribution in [0.1, 0.15) is 49.0 Å². The lowest BCUT2D eigenvalue weighted by Gasteiger charge is -2.30. The Hall–Kier alpha value is -3.22. The van der Waals surface area contributed by atoms with Crippen LogP contribution in [0.25, 0.3) is 11.1 Å². The van der Waals surface area contributed by atoms with E-state index in [-0.39, 0.29) is 24.6 Å². The van der Waals surface area contributed by atoms with E-state index in [1.165, 1.54) is 0 Å². The van der Waals surface area contributed by atoms with Crippen LogP contribution in [0.5, 0.6) is 17.2 Å². The van der Waals surface area contributed by atoms with E-state index in [9.17, 15) is 9.59 Å². The Balaban J connectivity index is 1.65. The van der Waals surface area contributed by atoms with Gasteiger partial charge in [0.1, 0.15) is 12.7 Å². The van der Waals surface area contributed by atoms with Crippen molar-refractivity contribution in [2.24, 2.45) is 5.41 Å². The number of methoxy groups -OCH3 is 2. The van der Waals surface area contributed by atoms with Crippen LogP contribution in [-0.4, -0.2) is 38.8 Å². The molecule has 1 saturated carbocycles. The maximum absolute atomic E-state index is 12.7. The molecule has 1 heterocycles. The molecule has 0 saturated heterocycles. The van der Waals surface area contributed by atoms with Gasteiger partial charge in [-0.15, -0.1) is 0 Å². The van der Waals surface area contributed by atoms with Crippen LogP contribution in [-0.2, 0) is 16.1 Å². The first-order chi connectivity index (χ1) is 15.3. The molecule has 1 aliphatic carbocycles. The highest BCUT2D eigenvalue weighted by Gasteiger charge is 2.35. The fourth-order valence-corrected chi connectivity index (χ4v) is 3.78. The molecule has 170 valence electrons. The summed E-state index contributed by atoms with van der Waals surface area (Å²) in [6.45, 7) is 4.23. The number of amides is 1. The fraction of sp³-hybridized carbons (Fsp3) is 0.440. The zero-order valence-corrected chi connectivity index (χ0v) is 18.9. The Morgan fingerprint density at radius 1 is 1.06 bits per heavy atom. The van der Waals surface area contributed by atoms with E-state index in [1.807, 2.05) is 44.2 Å². The maximum atomic E-state index is 12.7. The lowest BCUT2D eigenvalue weighted by atomic mass is 9.92. The first-order valence-corrected chi connectivity index (χ1v) is 10.8. The van der Waals surface area contributed by atoms with Crippen LogP contribution in [0.4, 0.5) is 0 Å². The van der Waals surface area contributed by atoms with Gasteiger partial charge in [-0.05, 0) is 68.5 Å². The Morgan fingerprint density at radius 2 is 1.81 bits per heavy atom. The van der Waals surface area contributed by atoms with Gasteiger partial charge in [0.2, 0.25) is 5.75 Å². The molecule has 4 rings (SSSR count). The number of fused-ring (bicyclic) bond motifs is 1. The van der Waals surface area contributed by atoms with E-state index in [4.69, 9.17) is 18.9 Å². The predicted molar refractivity (Wildman–Crippen MR) is 119 cm³/mol. The number of ether oxygens (including phenoxy) is 4. The largest absolute Gasteiger partial charge is 0.493 e. The summed E-state index contributed by atoms with van der Waals surface area (Å²) in [4.78, 5) is 24.6. The molecule has 0 aromatic heterocycles. The molecule has 0 spiro atoms. The van der Waals surface area contributed by atoms with Crippen LogP contribution < -0.4 is 19.5 Å². The van der Waals surface area contributed by atoms with Gasteiger partial charge in [0.15, 0.2) is 11.5 Å². The molecule has 7 nitrogen and oxygen atoms in total. The molecule has 1 amide bonds. The fourth-order valence-electron chi connectivity index (χ4n) is 3.78.